The van der Waals surface area contributed by atoms with Gasteiger partial charge in [-0.05, 0) is 24.3 Å². The lowest BCUT2D eigenvalue weighted by molar-refractivity contribution is 1.38. The molecule has 0 aliphatic rings. The van der Waals surface area contributed by atoms with Gasteiger partial charge in [0.1, 0.15) is 10.0 Å². The van der Waals surface area contributed by atoms with Gasteiger partial charge in [0.25, 0.3) is 0 Å². The van der Waals surface area contributed by atoms with Crippen molar-refractivity contribution in [1.82, 2.24) is 9.97 Å². The van der Waals surface area contributed by atoms with Gasteiger partial charge in [-0.15, -0.1) is 22.7 Å². The zero-order valence-corrected chi connectivity index (χ0v) is 13.3. The Labute approximate surface area is 136 Å². The van der Waals surface area contributed by atoms with Crippen molar-refractivity contribution in [1.29, 1.82) is 0 Å². The van der Waals surface area contributed by atoms with Gasteiger partial charge in [0.15, 0.2) is 0 Å². The first kappa shape index (κ1) is 13.4. The lowest BCUT2D eigenvalue weighted by Crippen LogP contribution is -1.76. The quantitative estimate of drug-likeness (QED) is 0.492. The van der Waals surface area contributed by atoms with Crippen LogP contribution in [0, 0.1) is 0 Å². The predicted molar refractivity (Wildman–Crippen MR) is 96.1 cm³/mol. The van der Waals surface area contributed by atoms with Gasteiger partial charge in [0.05, 0.1) is 15.9 Å². The van der Waals surface area contributed by atoms with Crippen LogP contribution in [0.5, 0.6) is 0 Å². The minimum Gasteiger partial charge on any atom is -0.237 e. The Balaban J connectivity index is 1.59. The maximum atomic E-state index is 4.66. The molecule has 2 aromatic carbocycles. The zero-order valence-electron chi connectivity index (χ0n) is 11.6. The second-order valence-electron chi connectivity index (χ2n) is 4.80. The van der Waals surface area contributed by atoms with Crippen molar-refractivity contribution >= 4 is 45.0 Å². The Morgan fingerprint density at radius 1 is 0.818 bits per heavy atom. The van der Waals surface area contributed by atoms with Crippen molar-refractivity contribution in [2.75, 3.05) is 0 Å². The predicted octanol–water partition coefficient (Wildman–Crippen LogP) is 5.59. The molecular formula is C18H12N2S2. The van der Waals surface area contributed by atoms with E-state index in [2.05, 4.69) is 33.5 Å². The molecule has 22 heavy (non-hydrogen) atoms. The van der Waals surface area contributed by atoms with Crippen molar-refractivity contribution in [3.8, 4) is 10.6 Å². The highest BCUT2D eigenvalue weighted by Gasteiger charge is 2.03. The van der Waals surface area contributed by atoms with E-state index in [0.717, 1.165) is 26.8 Å². The molecule has 0 N–H and O–H groups in total. The number of thiazole rings is 2. The first-order valence-electron chi connectivity index (χ1n) is 6.93. The van der Waals surface area contributed by atoms with E-state index in [4.69, 9.17) is 0 Å². The Morgan fingerprint density at radius 2 is 1.64 bits per heavy atom. The third-order valence-corrected chi connectivity index (χ3v) is 5.16. The Morgan fingerprint density at radius 3 is 2.50 bits per heavy atom. The fourth-order valence-corrected chi connectivity index (χ4v) is 3.86. The lowest BCUT2D eigenvalue weighted by Gasteiger charge is -1.92. The summed E-state index contributed by atoms with van der Waals surface area (Å²) in [6, 6.07) is 18.5. The molecule has 0 aliphatic carbocycles. The van der Waals surface area contributed by atoms with Gasteiger partial charge in [-0.25, -0.2) is 9.97 Å². The number of aromatic nitrogens is 2. The van der Waals surface area contributed by atoms with Crippen LogP contribution < -0.4 is 0 Å². The lowest BCUT2D eigenvalue weighted by atomic mass is 10.2. The zero-order chi connectivity index (χ0) is 14.8. The molecule has 2 nitrogen and oxygen atoms in total. The molecule has 4 heteroatoms. The number of hydrogen-bond donors (Lipinski definition) is 0. The van der Waals surface area contributed by atoms with E-state index in [1.807, 2.05) is 48.6 Å². The van der Waals surface area contributed by atoms with Crippen molar-refractivity contribution in [3.63, 3.8) is 0 Å². The summed E-state index contributed by atoms with van der Waals surface area (Å²) >= 11 is 3.36. The van der Waals surface area contributed by atoms with Crippen LogP contribution in [0.25, 0.3) is 32.9 Å². The molecule has 2 heterocycles. The van der Waals surface area contributed by atoms with E-state index in [-0.39, 0.29) is 0 Å². The van der Waals surface area contributed by atoms with Gasteiger partial charge < -0.3 is 0 Å². The number of hydrogen-bond acceptors (Lipinski definition) is 4. The summed E-state index contributed by atoms with van der Waals surface area (Å²) in [5.41, 5.74) is 3.19. The molecule has 0 atom stereocenters. The molecule has 0 aliphatic heterocycles. The van der Waals surface area contributed by atoms with Crippen LogP contribution in [-0.4, -0.2) is 9.97 Å². The maximum Gasteiger partial charge on any atom is 0.124 e. The molecular weight excluding hydrogens is 308 g/mol. The van der Waals surface area contributed by atoms with Gasteiger partial charge in [0.2, 0.25) is 0 Å². The number of fused-ring (bicyclic) bond motifs is 1. The largest absolute Gasteiger partial charge is 0.237 e. The van der Waals surface area contributed by atoms with Crippen molar-refractivity contribution in [2.24, 2.45) is 0 Å². The smallest absolute Gasteiger partial charge is 0.124 e. The van der Waals surface area contributed by atoms with Crippen molar-refractivity contribution < 1.29 is 0 Å². The molecule has 4 aromatic rings. The minimum atomic E-state index is 0.975. The van der Waals surface area contributed by atoms with Crippen LogP contribution in [-0.2, 0) is 0 Å². The van der Waals surface area contributed by atoms with Crippen LogP contribution in [0.3, 0.4) is 0 Å². The highest BCUT2D eigenvalue weighted by atomic mass is 32.1. The van der Waals surface area contributed by atoms with Crippen LogP contribution >= 0.6 is 22.7 Å². The van der Waals surface area contributed by atoms with Gasteiger partial charge in [-0.1, -0.05) is 42.5 Å². The third kappa shape index (κ3) is 2.71. The van der Waals surface area contributed by atoms with Crippen LogP contribution in [0.1, 0.15) is 10.7 Å². The number of nitrogens with zero attached hydrogens (tertiary/aromatic N) is 2. The summed E-state index contributed by atoms with van der Waals surface area (Å²) in [6.45, 7) is 0. The molecule has 0 amide bonds. The molecule has 0 saturated carbocycles. The molecule has 0 spiro atoms. The van der Waals surface area contributed by atoms with E-state index in [0.29, 0.717) is 0 Å². The number of para-hydroxylation sites is 1. The molecule has 2 aromatic heterocycles. The summed E-state index contributed by atoms with van der Waals surface area (Å²) in [6.07, 6.45) is 4.06. The summed E-state index contributed by atoms with van der Waals surface area (Å²) in [5.74, 6) is 0. The van der Waals surface area contributed by atoms with E-state index in [1.165, 1.54) is 4.70 Å². The fraction of sp³-hybridized carbons (Fsp3) is 0. The highest BCUT2D eigenvalue weighted by molar-refractivity contribution is 7.19. The minimum absolute atomic E-state index is 0.975. The third-order valence-electron chi connectivity index (χ3n) is 3.25. The number of benzene rings is 2. The van der Waals surface area contributed by atoms with E-state index < -0.39 is 0 Å². The average Bonchev–Trinajstić information content (AvgIpc) is 3.20. The Hall–Kier alpha value is -2.30. The summed E-state index contributed by atoms with van der Waals surface area (Å²) in [7, 11) is 0. The molecule has 106 valence electrons. The van der Waals surface area contributed by atoms with E-state index >= 15 is 0 Å². The standard InChI is InChI=1S/C18H12N2S2/c1-2-6-13(7-3-1)18-19-14(12-21-18)10-11-17-20-15-8-4-5-9-16(15)22-17/h1-12H. The fourth-order valence-electron chi connectivity index (χ4n) is 2.19. The number of rotatable bonds is 3. The summed E-state index contributed by atoms with van der Waals surface area (Å²) in [5, 5.41) is 4.13. The topological polar surface area (TPSA) is 25.8 Å². The monoisotopic (exact) mass is 320 g/mol. The van der Waals surface area contributed by atoms with Crippen molar-refractivity contribution in [3.05, 3.63) is 70.7 Å². The molecule has 4 rings (SSSR count). The Kier molecular flexibility index (Phi) is 3.54. The second-order valence-corrected chi connectivity index (χ2v) is 6.72. The van der Waals surface area contributed by atoms with Crippen LogP contribution in [0.2, 0.25) is 0 Å². The van der Waals surface area contributed by atoms with Crippen molar-refractivity contribution in [2.45, 2.75) is 0 Å². The molecule has 0 fully saturated rings. The molecule has 0 bridgehead atoms. The van der Waals surface area contributed by atoms with E-state index in [9.17, 15) is 0 Å². The summed E-state index contributed by atoms with van der Waals surface area (Å²) in [4.78, 5) is 9.26. The normalized spacial score (nSPS) is 11.5. The second kappa shape index (κ2) is 5.83. The van der Waals surface area contributed by atoms with Gasteiger partial charge in [-0.2, -0.15) is 0 Å². The maximum absolute atomic E-state index is 4.66. The molecule has 0 saturated heterocycles. The first-order chi connectivity index (χ1) is 10.9. The van der Waals surface area contributed by atoms with Gasteiger partial charge in [-0.3, -0.25) is 0 Å². The Bertz CT molecular complexity index is 903. The summed E-state index contributed by atoms with van der Waals surface area (Å²) < 4.78 is 1.21. The average molecular weight is 320 g/mol. The SMILES string of the molecule is C(=Cc1nc2ccccc2s1)c1csc(-c2ccccc2)n1. The van der Waals surface area contributed by atoms with Crippen LogP contribution in [0.15, 0.2) is 60.0 Å². The highest BCUT2D eigenvalue weighted by Crippen LogP contribution is 2.26. The first-order valence-corrected chi connectivity index (χ1v) is 8.63. The molecule has 0 unspecified atom stereocenters. The van der Waals surface area contributed by atoms with E-state index in [1.54, 1.807) is 22.7 Å². The van der Waals surface area contributed by atoms with Gasteiger partial charge in [0, 0.05) is 10.9 Å². The molecule has 0 radical (unpaired) electrons. The van der Waals surface area contributed by atoms with Crippen LogP contribution in [0.4, 0.5) is 0 Å². The van der Waals surface area contributed by atoms with Gasteiger partial charge >= 0.3 is 0 Å².